The Morgan fingerprint density at radius 3 is 2.89 bits per heavy atom. The van der Waals surface area contributed by atoms with E-state index in [0.29, 0.717) is 10.8 Å². The van der Waals surface area contributed by atoms with Gasteiger partial charge in [-0.3, -0.25) is 0 Å². The van der Waals surface area contributed by atoms with E-state index in [9.17, 15) is 5.26 Å². The highest BCUT2D eigenvalue weighted by atomic mass is 32.2. The molecule has 5 heteroatoms. The second-order valence-electron chi connectivity index (χ2n) is 5.30. The highest BCUT2D eigenvalue weighted by molar-refractivity contribution is 8.00. The summed E-state index contributed by atoms with van der Waals surface area (Å²) in [6, 6.07) is 2.26. The maximum Gasteiger partial charge on any atom is 0.130 e. The van der Waals surface area contributed by atoms with Crippen LogP contribution in [0.3, 0.4) is 0 Å². The summed E-state index contributed by atoms with van der Waals surface area (Å²) in [5.41, 5.74) is 8.23. The fraction of sp³-hybridized carbons (Fsp3) is 0.643. The van der Waals surface area contributed by atoms with Crippen molar-refractivity contribution in [3.05, 3.63) is 10.4 Å². The van der Waals surface area contributed by atoms with Gasteiger partial charge in [0.05, 0.1) is 10.7 Å². The van der Waals surface area contributed by atoms with Crippen LogP contribution in [0.15, 0.2) is 0 Å². The molecule has 1 saturated carbocycles. The second kappa shape index (κ2) is 5.26. The van der Waals surface area contributed by atoms with Crippen LogP contribution in [0.25, 0.3) is 0 Å². The fourth-order valence-electron chi connectivity index (χ4n) is 2.68. The number of hydrogen-bond acceptors (Lipinski definition) is 5. The van der Waals surface area contributed by atoms with Gasteiger partial charge in [-0.05, 0) is 25.2 Å². The molecule has 0 amide bonds. The molecule has 2 aliphatic rings. The quantitative estimate of drug-likeness (QED) is 0.928. The number of rotatable bonds is 3. The van der Waals surface area contributed by atoms with E-state index in [-0.39, 0.29) is 0 Å². The average Bonchev–Trinajstić information content (AvgIpc) is 3.22. The van der Waals surface area contributed by atoms with Gasteiger partial charge >= 0.3 is 0 Å². The molecule has 0 spiro atoms. The molecule has 1 aromatic heterocycles. The molecule has 102 valence electrons. The third-order valence-electron chi connectivity index (χ3n) is 3.93. The lowest BCUT2D eigenvalue weighted by atomic mass is 10.1. The van der Waals surface area contributed by atoms with Gasteiger partial charge in [-0.15, -0.1) is 11.3 Å². The van der Waals surface area contributed by atoms with Gasteiger partial charge in [0.1, 0.15) is 10.9 Å². The highest BCUT2D eigenvalue weighted by Gasteiger charge is 2.34. The molecule has 2 fully saturated rings. The number of thiophene rings is 1. The minimum absolute atomic E-state index is 0.614. The van der Waals surface area contributed by atoms with E-state index in [1.165, 1.54) is 35.6 Å². The van der Waals surface area contributed by atoms with E-state index in [0.717, 1.165) is 24.0 Å². The summed E-state index contributed by atoms with van der Waals surface area (Å²) in [6.45, 7) is 4.45. The Balaban J connectivity index is 1.93. The Labute approximate surface area is 122 Å². The number of thioether (sulfide) groups is 1. The number of nitriles is 1. The van der Waals surface area contributed by atoms with Crippen LogP contribution in [0.2, 0.25) is 0 Å². The molecule has 0 radical (unpaired) electrons. The van der Waals surface area contributed by atoms with Gasteiger partial charge in [-0.1, -0.05) is 6.92 Å². The van der Waals surface area contributed by atoms with E-state index in [1.54, 1.807) is 11.3 Å². The van der Waals surface area contributed by atoms with Crippen LogP contribution in [0.5, 0.6) is 0 Å². The topological polar surface area (TPSA) is 53.0 Å². The molecule has 2 heterocycles. The zero-order chi connectivity index (χ0) is 13.4. The van der Waals surface area contributed by atoms with Gasteiger partial charge < -0.3 is 10.6 Å². The molecule has 2 N–H and O–H groups in total. The van der Waals surface area contributed by atoms with Crippen LogP contribution in [0, 0.1) is 11.3 Å². The van der Waals surface area contributed by atoms with E-state index in [1.807, 2.05) is 0 Å². The van der Waals surface area contributed by atoms with Gasteiger partial charge in [0.25, 0.3) is 0 Å². The second-order valence-corrected chi connectivity index (χ2v) is 7.70. The smallest absolute Gasteiger partial charge is 0.130 e. The Morgan fingerprint density at radius 2 is 2.26 bits per heavy atom. The monoisotopic (exact) mass is 293 g/mol. The third kappa shape index (κ3) is 2.44. The minimum atomic E-state index is 0.614. The Bertz CT molecular complexity index is 513. The number of anilines is 2. The summed E-state index contributed by atoms with van der Waals surface area (Å²) in [7, 11) is 0. The van der Waals surface area contributed by atoms with Gasteiger partial charge in [-0.2, -0.15) is 17.0 Å². The van der Waals surface area contributed by atoms with Gasteiger partial charge in [-0.25, -0.2) is 0 Å². The lowest BCUT2D eigenvalue weighted by molar-refractivity contribution is 0.730. The van der Waals surface area contributed by atoms with Crippen molar-refractivity contribution >= 4 is 33.8 Å². The minimum Gasteiger partial charge on any atom is -0.397 e. The van der Waals surface area contributed by atoms with Crippen LogP contribution in [-0.2, 0) is 0 Å². The van der Waals surface area contributed by atoms with Crippen molar-refractivity contribution in [1.82, 2.24) is 0 Å². The predicted octanol–water partition coefficient (Wildman–Crippen LogP) is 3.41. The Kier molecular flexibility index (Phi) is 3.64. The molecular formula is C14H19N3S2. The first-order valence-electron chi connectivity index (χ1n) is 6.93. The lowest BCUT2D eigenvalue weighted by Crippen LogP contribution is -2.37. The number of nitrogens with zero attached hydrogens (tertiary/aromatic N) is 2. The summed E-state index contributed by atoms with van der Waals surface area (Å²) >= 11 is 3.68. The van der Waals surface area contributed by atoms with Crippen LogP contribution in [0.1, 0.15) is 42.5 Å². The largest absolute Gasteiger partial charge is 0.397 e. The lowest BCUT2D eigenvalue weighted by Gasteiger charge is -2.33. The normalized spacial score (nSPS) is 23.4. The maximum atomic E-state index is 9.21. The molecule has 0 bridgehead atoms. The van der Waals surface area contributed by atoms with E-state index in [2.05, 4.69) is 29.7 Å². The fourth-order valence-corrected chi connectivity index (χ4v) is 5.00. The molecule has 3 nitrogen and oxygen atoms in total. The Morgan fingerprint density at radius 1 is 1.47 bits per heavy atom. The molecule has 3 rings (SSSR count). The van der Waals surface area contributed by atoms with Crippen molar-refractivity contribution < 1.29 is 0 Å². The van der Waals surface area contributed by atoms with Gasteiger partial charge in [0.2, 0.25) is 0 Å². The van der Waals surface area contributed by atoms with Crippen molar-refractivity contribution in [2.45, 2.75) is 37.4 Å². The van der Waals surface area contributed by atoms with Crippen LogP contribution in [-0.4, -0.2) is 24.1 Å². The van der Waals surface area contributed by atoms with Crippen LogP contribution in [0.4, 0.5) is 10.7 Å². The molecule has 1 saturated heterocycles. The third-order valence-corrected chi connectivity index (χ3v) is 6.49. The van der Waals surface area contributed by atoms with Crippen molar-refractivity contribution in [2.24, 2.45) is 0 Å². The van der Waals surface area contributed by atoms with Crippen molar-refractivity contribution in [1.29, 1.82) is 5.26 Å². The summed E-state index contributed by atoms with van der Waals surface area (Å²) in [5.74, 6) is 1.80. The van der Waals surface area contributed by atoms with Crippen LogP contribution < -0.4 is 10.6 Å². The number of nitrogen functional groups attached to an aromatic ring is 1. The molecule has 1 aliphatic carbocycles. The van der Waals surface area contributed by atoms with Crippen molar-refractivity contribution in [3.8, 4) is 6.07 Å². The average molecular weight is 293 g/mol. The molecule has 0 aromatic carbocycles. The Hall–Kier alpha value is -0.860. The van der Waals surface area contributed by atoms with Gasteiger partial charge in [0, 0.05) is 29.7 Å². The molecular weight excluding hydrogens is 274 g/mol. The number of hydrogen-bond donors (Lipinski definition) is 1. The first-order chi connectivity index (χ1) is 9.24. The van der Waals surface area contributed by atoms with E-state index in [4.69, 9.17) is 5.73 Å². The maximum absolute atomic E-state index is 9.21. The number of nitrogens with two attached hydrogens (primary N) is 1. The van der Waals surface area contributed by atoms with Gasteiger partial charge in [0.15, 0.2) is 0 Å². The zero-order valence-electron chi connectivity index (χ0n) is 11.2. The standard InChI is InChI=1S/C14H19N3S2/c1-2-10-8-17(5-6-18-10)14-12(9-3-4-9)13(16)11(7-15)19-14/h9-10H,2-6,8,16H2,1H3. The molecule has 19 heavy (non-hydrogen) atoms. The summed E-state index contributed by atoms with van der Waals surface area (Å²) in [4.78, 5) is 3.18. The van der Waals surface area contributed by atoms with E-state index >= 15 is 0 Å². The predicted molar refractivity (Wildman–Crippen MR) is 84.2 cm³/mol. The molecule has 1 aromatic rings. The molecule has 1 unspecified atom stereocenters. The van der Waals surface area contributed by atoms with Crippen molar-refractivity contribution in [3.63, 3.8) is 0 Å². The highest BCUT2D eigenvalue weighted by Crippen LogP contribution is 2.52. The first kappa shape index (κ1) is 13.1. The first-order valence-corrected chi connectivity index (χ1v) is 8.79. The zero-order valence-corrected chi connectivity index (χ0v) is 12.8. The van der Waals surface area contributed by atoms with Crippen molar-refractivity contribution in [2.75, 3.05) is 29.5 Å². The van der Waals surface area contributed by atoms with E-state index < -0.39 is 0 Å². The SMILES string of the molecule is CCC1CN(c2sc(C#N)c(N)c2C2CC2)CCS1. The summed E-state index contributed by atoms with van der Waals surface area (Å²) in [5, 5.41) is 11.2. The van der Waals surface area contributed by atoms with Crippen LogP contribution >= 0.6 is 23.1 Å². The summed E-state index contributed by atoms with van der Waals surface area (Å²) in [6.07, 6.45) is 3.68. The summed E-state index contributed by atoms with van der Waals surface area (Å²) < 4.78 is 0. The molecule has 1 atom stereocenters. The molecule has 1 aliphatic heterocycles.